The number of carbonyl (C=O) groups is 1. The van der Waals surface area contributed by atoms with Crippen molar-refractivity contribution in [3.8, 4) is 0 Å². The van der Waals surface area contributed by atoms with Crippen LogP contribution in [0, 0.1) is 5.41 Å². The second-order valence-electron chi connectivity index (χ2n) is 6.83. The van der Waals surface area contributed by atoms with E-state index >= 15 is 0 Å². The van der Waals surface area contributed by atoms with Gasteiger partial charge in [-0.15, -0.1) is 0 Å². The number of carbonyl (C=O) groups excluding carboxylic acids is 1. The normalized spacial score (nSPS) is 21.9. The summed E-state index contributed by atoms with van der Waals surface area (Å²) >= 11 is 0. The Kier molecular flexibility index (Phi) is 4.19. The summed E-state index contributed by atoms with van der Waals surface area (Å²) in [6.07, 6.45) is 1.04. The summed E-state index contributed by atoms with van der Waals surface area (Å²) in [6.45, 7) is 8.54. The van der Waals surface area contributed by atoms with Crippen molar-refractivity contribution in [2.45, 2.75) is 52.0 Å². The topological polar surface area (TPSA) is 55.1 Å². The predicted molar refractivity (Wildman–Crippen MR) is 82.7 cm³/mol. The van der Waals surface area contributed by atoms with Gasteiger partial charge >= 0.3 is 0 Å². The molecule has 1 amide bonds. The maximum Gasteiger partial charge on any atom is 0.227 e. The molecule has 0 spiro atoms. The first-order valence-corrected chi connectivity index (χ1v) is 7.46. The summed E-state index contributed by atoms with van der Waals surface area (Å²) in [5.41, 5.74) is 7.84. The summed E-state index contributed by atoms with van der Waals surface area (Å²) in [5.74, 6) is 1.09. The minimum absolute atomic E-state index is 0.0614. The van der Waals surface area contributed by atoms with Gasteiger partial charge in [0.2, 0.25) is 5.91 Å². The second kappa shape index (κ2) is 5.57. The molecule has 3 nitrogen and oxygen atoms in total. The van der Waals surface area contributed by atoms with Crippen LogP contribution in [0.4, 0.5) is 0 Å². The van der Waals surface area contributed by atoms with Crippen LogP contribution in [-0.4, -0.2) is 18.5 Å². The van der Waals surface area contributed by atoms with Crippen LogP contribution >= 0.6 is 0 Å². The van der Waals surface area contributed by atoms with Crippen molar-refractivity contribution in [2.24, 2.45) is 11.1 Å². The van der Waals surface area contributed by atoms with Gasteiger partial charge in [-0.3, -0.25) is 4.79 Å². The van der Waals surface area contributed by atoms with E-state index in [1.807, 2.05) is 13.8 Å². The number of nitrogens with one attached hydrogen (secondary N) is 1. The van der Waals surface area contributed by atoms with Gasteiger partial charge in [-0.25, -0.2) is 0 Å². The first kappa shape index (κ1) is 15.0. The summed E-state index contributed by atoms with van der Waals surface area (Å²) in [6, 6.07) is 9.06. The molecular formula is C17H26N2O. The Labute approximate surface area is 121 Å². The number of rotatable bonds is 5. The molecule has 110 valence electrons. The van der Waals surface area contributed by atoms with Gasteiger partial charge in [0.25, 0.3) is 0 Å². The van der Waals surface area contributed by atoms with Gasteiger partial charge in [0.1, 0.15) is 0 Å². The van der Waals surface area contributed by atoms with E-state index in [1.165, 1.54) is 11.1 Å². The Balaban J connectivity index is 1.93. The highest BCUT2D eigenvalue weighted by atomic mass is 16.2. The van der Waals surface area contributed by atoms with Crippen LogP contribution in [0.3, 0.4) is 0 Å². The Bertz CT molecular complexity index is 476. The first-order chi connectivity index (χ1) is 9.35. The average Bonchev–Trinajstić information content (AvgIpc) is 3.18. The molecule has 0 aliphatic heterocycles. The van der Waals surface area contributed by atoms with E-state index < -0.39 is 5.41 Å². The van der Waals surface area contributed by atoms with Crippen LogP contribution < -0.4 is 11.1 Å². The molecule has 1 aliphatic rings. The zero-order chi connectivity index (χ0) is 14.9. The van der Waals surface area contributed by atoms with Gasteiger partial charge in [0.15, 0.2) is 0 Å². The maximum absolute atomic E-state index is 12.1. The molecule has 1 aliphatic carbocycles. The monoisotopic (exact) mass is 274 g/mol. The summed E-state index contributed by atoms with van der Waals surface area (Å²) < 4.78 is 0. The van der Waals surface area contributed by atoms with Gasteiger partial charge in [0.05, 0.1) is 5.41 Å². The lowest BCUT2D eigenvalue weighted by molar-refractivity contribution is -0.129. The molecule has 0 bridgehead atoms. The highest BCUT2D eigenvalue weighted by Crippen LogP contribution is 2.41. The van der Waals surface area contributed by atoms with Crippen LogP contribution in [0.2, 0.25) is 0 Å². The summed E-state index contributed by atoms with van der Waals surface area (Å²) in [5, 5.41) is 3.11. The van der Waals surface area contributed by atoms with E-state index in [4.69, 9.17) is 5.73 Å². The van der Waals surface area contributed by atoms with Crippen LogP contribution in [0.15, 0.2) is 24.3 Å². The number of nitrogens with two attached hydrogens (primary N) is 1. The lowest BCUT2D eigenvalue weighted by Crippen LogP contribution is -2.42. The Morgan fingerprint density at radius 2 is 1.95 bits per heavy atom. The quantitative estimate of drug-likeness (QED) is 0.867. The SMILES string of the molecule is CC(C)c1ccc(C2CC2NC(=O)C(C)(C)CN)cc1. The fraction of sp³-hybridized carbons (Fsp3) is 0.588. The number of hydrogen-bond acceptors (Lipinski definition) is 2. The average molecular weight is 274 g/mol. The molecule has 0 heterocycles. The van der Waals surface area contributed by atoms with Crippen molar-refractivity contribution >= 4 is 5.91 Å². The molecule has 3 heteroatoms. The van der Waals surface area contributed by atoms with Gasteiger partial charge in [-0.2, -0.15) is 0 Å². The molecule has 1 aromatic rings. The lowest BCUT2D eigenvalue weighted by Gasteiger charge is -2.21. The van der Waals surface area contributed by atoms with E-state index in [9.17, 15) is 4.79 Å². The maximum atomic E-state index is 12.1. The van der Waals surface area contributed by atoms with E-state index in [-0.39, 0.29) is 11.9 Å². The third-order valence-electron chi connectivity index (χ3n) is 4.26. The lowest BCUT2D eigenvalue weighted by atomic mass is 9.92. The summed E-state index contributed by atoms with van der Waals surface area (Å²) in [7, 11) is 0. The van der Waals surface area contributed by atoms with Crippen LogP contribution in [0.1, 0.15) is 57.1 Å². The molecule has 20 heavy (non-hydrogen) atoms. The fourth-order valence-electron chi connectivity index (χ4n) is 2.31. The van der Waals surface area contributed by atoms with Crippen molar-refractivity contribution in [3.05, 3.63) is 35.4 Å². The minimum Gasteiger partial charge on any atom is -0.352 e. The molecule has 1 aromatic carbocycles. The van der Waals surface area contributed by atoms with Crippen molar-refractivity contribution < 1.29 is 4.79 Å². The molecule has 2 atom stereocenters. The molecule has 1 fully saturated rings. The second-order valence-corrected chi connectivity index (χ2v) is 6.83. The number of amides is 1. The van der Waals surface area contributed by atoms with E-state index in [2.05, 4.69) is 43.4 Å². The van der Waals surface area contributed by atoms with Crippen molar-refractivity contribution in [1.29, 1.82) is 0 Å². The minimum atomic E-state index is -0.478. The number of hydrogen-bond donors (Lipinski definition) is 2. The van der Waals surface area contributed by atoms with Crippen molar-refractivity contribution in [2.75, 3.05) is 6.54 Å². The summed E-state index contributed by atoms with van der Waals surface area (Å²) in [4.78, 5) is 12.1. The zero-order valence-electron chi connectivity index (χ0n) is 12.9. The third-order valence-corrected chi connectivity index (χ3v) is 4.26. The van der Waals surface area contributed by atoms with Crippen molar-refractivity contribution in [1.82, 2.24) is 5.32 Å². The van der Waals surface area contributed by atoms with Gasteiger partial charge < -0.3 is 11.1 Å². The van der Waals surface area contributed by atoms with E-state index in [1.54, 1.807) is 0 Å². The van der Waals surface area contributed by atoms with Crippen molar-refractivity contribution in [3.63, 3.8) is 0 Å². The molecule has 0 saturated heterocycles. The standard InChI is InChI=1S/C17H26N2O/c1-11(2)12-5-7-13(8-6-12)14-9-15(14)19-16(20)17(3,4)10-18/h5-8,11,14-15H,9-10,18H2,1-4H3,(H,19,20). The molecule has 3 N–H and O–H groups in total. The van der Waals surface area contributed by atoms with E-state index in [0.29, 0.717) is 18.4 Å². The fourth-order valence-corrected chi connectivity index (χ4v) is 2.31. The first-order valence-electron chi connectivity index (χ1n) is 7.46. The Morgan fingerprint density at radius 3 is 2.45 bits per heavy atom. The van der Waals surface area contributed by atoms with Gasteiger partial charge in [-0.1, -0.05) is 38.1 Å². The molecule has 0 radical (unpaired) electrons. The Morgan fingerprint density at radius 1 is 1.35 bits per heavy atom. The van der Waals surface area contributed by atoms with Gasteiger partial charge in [-0.05, 0) is 37.3 Å². The molecule has 2 rings (SSSR count). The van der Waals surface area contributed by atoms with Crippen LogP contribution in [0.5, 0.6) is 0 Å². The number of benzene rings is 1. The van der Waals surface area contributed by atoms with Crippen LogP contribution in [0.25, 0.3) is 0 Å². The smallest absolute Gasteiger partial charge is 0.227 e. The highest BCUT2D eigenvalue weighted by molar-refractivity contribution is 5.82. The third kappa shape index (κ3) is 3.21. The largest absolute Gasteiger partial charge is 0.352 e. The van der Waals surface area contributed by atoms with Gasteiger partial charge in [0, 0.05) is 18.5 Å². The Hall–Kier alpha value is -1.35. The van der Waals surface area contributed by atoms with Crippen LogP contribution in [-0.2, 0) is 4.79 Å². The predicted octanol–water partition coefficient (Wildman–Crippen LogP) is 2.77. The molecule has 1 saturated carbocycles. The highest BCUT2D eigenvalue weighted by Gasteiger charge is 2.41. The molecule has 0 aromatic heterocycles. The zero-order valence-corrected chi connectivity index (χ0v) is 12.9. The molecule has 2 unspecified atom stereocenters. The molecular weight excluding hydrogens is 248 g/mol. The van der Waals surface area contributed by atoms with E-state index in [0.717, 1.165) is 6.42 Å².